The van der Waals surface area contributed by atoms with Crippen molar-refractivity contribution in [1.29, 1.82) is 0 Å². The van der Waals surface area contributed by atoms with Crippen LogP contribution in [0.3, 0.4) is 0 Å². The fraction of sp³-hybridized carbons (Fsp3) is 0.476. The molecule has 0 amide bonds. The van der Waals surface area contributed by atoms with Crippen LogP contribution in [0.5, 0.6) is 0 Å². The van der Waals surface area contributed by atoms with Crippen molar-refractivity contribution in [3.63, 3.8) is 0 Å². The zero-order chi connectivity index (χ0) is 21.8. The van der Waals surface area contributed by atoms with E-state index in [4.69, 9.17) is 32.8 Å². The molecular weight excluding hydrogens is 434 g/mol. The molecule has 0 aromatic carbocycles. The van der Waals surface area contributed by atoms with Gasteiger partial charge in [0.2, 0.25) is 5.95 Å². The molecular formula is C21H26ClN7OS. The number of halogens is 1. The minimum absolute atomic E-state index is 0.0762. The topological polar surface area (TPSA) is 108 Å². The van der Waals surface area contributed by atoms with E-state index in [1.54, 1.807) is 12.4 Å². The van der Waals surface area contributed by atoms with Crippen LogP contribution in [-0.2, 0) is 4.74 Å². The smallest absolute Gasteiger partial charge is 0.211 e. The molecule has 2 aliphatic rings. The van der Waals surface area contributed by atoms with Crippen molar-refractivity contribution in [2.24, 2.45) is 11.1 Å². The van der Waals surface area contributed by atoms with Gasteiger partial charge in [-0.05, 0) is 32.8 Å². The summed E-state index contributed by atoms with van der Waals surface area (Å²) >= 11 is 7.88. The molecule has 2 aliphatic heterocycles. The molecule has 4 N–H and O–H groups in total. The van der Waals surface area contributed by atoms with Gasteiger partial charge in [0.25, 0.3) is 0 Å². The molecule has 5 heterocycles. The third-order valence-electron chi connectivity index (χ3n) is 6.64. The van der Waals surface area contributed by atoms with Crippen molar-refractivity contribution in [1.82, 2.24) is 19.4 Å². The maximum absolute atomic E-state index is 6.48. The van der Waals surface area contributed by atoms with Gasteiger partial charge < -0.3 is 21.1 Å². The highest BCUT2D eigenvalue weighted by Crippen LogP contribution is 2.43. The van der Waals surface area contributed by atoms with Crippen LogP contribution in [0, 0.1) is 12.3 Å². The molecule has 3 aromatic heterocycles. The molecule has 2 atom stereocenters. The number of piperidine rings is 1. The van der Waals surface area contributed by atoms with E-state index in [1.807, 2.05) is 19.2 Å². The van der Waals surface area contributed by atoms with Crippen molar-refractivity contribution < 1.29 is 4.74 Å². The van der Waals surface area contributed by atoms with Crippen LogP contribution in [0.15, 0.2) is 34.4 Å². The number of hydrogen-bond donors (Lipinski definition) is 2. The molecule has 2 fully saturated rings. The molecule has 1 spiro atoms. The van der Waals surface area contributed by atoms with E-state index in [-0.39, 0.29) is 17.6 Å². The van der Waals surface area contributed by atoms with Crippen LogP contribution in [0.2, 0.25) is 5.02 Å². The first-order valence-corrected chi connectivity index (χ1v) is 11.6. The van der Waals surface area contributed by atoms with Crippen LogP contribution < -0.4 is 16.4 Å². The SMILES string of the molecule is Cc1nc(N2CCC3(CC2)COC(C)C3N)n2ccnc2c1Sc1ccnc(N)c1Cl. The summed E-state index contributed by atoms with van der Waals surface area (Å²) in [6.07, 6.45) is 7.54. The van der Waals surface area contributed by atoms with Gasteiger partial charge in [-0.25, -0.2) is 15.0 Å². The first-order chi connectivity index (χ1) is 14.9. The summed E-state index contributed by atoms with van der Waals surface area (Å²) in [6.45, 7) is 6.62. The number of imidazole rings is 1. The maximum atomic E-state index is 6.48. The monoisotopic (exact) mass is 459 g/mol. The van der Waals surface area contributed by atoms with Gasteiger partial charge in [-0.15, -0.1) is 0 Å². The Morgan fingerprint density at radius 2 is 2.03 bits per heavy atom. The minimum Gasteiger partial charge on any atom is -0.382 e. The Hall–Kier alpha value is -2.07. The molecule has 10 heteroatoms. The largest absolute Gasteiger partial charge is 0.382 e. The highest BCUT2D eigenvalue weighted by atomic mass is 35.5. The standard InChI is InChI=1S/C21H26ClN7OS/c1-12-16(31-14-3-6-25-18(24)15(14)22)19-26-7-10-29(19)20(27-12)28-8-4-21(5-9-28)11-30-13(2)17(21)23/h3,6-7,10,13,17H,4-5,8-9,11,23H2,1-2H3,(H2,24,25). The highest BCUT2D eigenvalue weighted by Gasteiger charge is 2.47. The van der Waals surface area contributed by atoms with E-state index in [9.17, 15) is 0 Å². The van der Waals surface area contributed by atoms with Crippen LogP contribution in [0.25, 0.3) is 5.65 Å². The second-order valence-corrected chi connectivity index (χ2v) is 9.88. The number of nitrogens with two attached hydrogens (primary N) is 2. The number of ether oxygens (including phenoxy) is 1. The lowest BCUT2D eigenvalue weighted by molar-refractivity contribution is 0.0973. The first kappa shape index (κ1) is 20.8. The molecule has 31 heavy (non-hydrogen) atoms. The molecule has 0 saturated carbocycles. The average molecular weight is 460 g/mol. The summed E-state index contributed by atoms with van der Waals surface area (Å²) in [5.41, 5.74) is 14.2. The summed E-state index contributed by atoms with van der Waals surface area (Å²) < 4.78 is 7.92. The quantitative estimate of drug-likeness (QED) is 0.615. The molecule has 3 aromatic rings. The van der Waals surface area contributed by atoms with Crippen LogP contribution in [0.1, 0.15) is 25.5 Å². The Morgan fingerprint density at radius 1 is 1.26 bits per heavy atom. The number of aryl methyl sites for hydroxylation is 1. The van der Waals surface area contributed by atoms with Crippen molar-refractivity contribution in [2.75, 3.05) is 30.3 Å². The van der Waals surface area contributed by atoms with E-state index in [2.05, 4.69) is 26.2 Å². The van der Waals surface area contributed by atoms with Crippen molar-refractivity contribution in [3.05, 3.63) is 35.4 Å². The maximum Gasteiger partial charge on any atom is 0.211 e. The van der Waals surface area contributed by atoms with Crippen molar-refractivity contribution in [3.8, 4) is 0 Å². The van der Waals surface area contributed by atoms with Crippen molar-refractivity contribution in [2.45, 2.75) is 48.6 Å². The van der Waals surface area contributed by atoms with Crippen LogP contribution in [-0.4, -0.2) is 51.2 Å². The van der Waals surface area contributed by atoms with E-state index in [1.165, 1.54) is 11.8 Å². The average Bonchev–Trinajstić information content (AvgIpc) is 3.35. The molecule has 164 valence electrons. The van der Waals surface area contributed by atoms with Gasteiger partial charge in [0.1, 0.15) is 5.82 Å². The predicted octanol–water partition coefficient (Wildman–Crippen LogP) is 3.15. The third-order valence-corrected chi connectivity index (χ3v) is 8.39. The summed E-state index contributed by atoms with van der Waals surface area (Å²) in [5, 5.41) is 0.450. The summed E-state index contributed by atoms with van der Waals surface area (Å²) in [7, 11) is 0. The van der Waals surface area contributed by atoms with Crippen LogP contribution in [0.4, 0.5) is 11.8 Å². The van der Waals surface area contributed by atoms with E-state index in [0.717, 1.165) is 59.6 Å². The Labute approximate surface area is 190 Å². The van der Waals surface area contributed by atoms with E-state index >= 15 is 0 Å². The molecule has 0 aliphatic carbocycles. The minimum atomic E-state index is 0.0762. The number of rotatable bonds is 3. The molecule has 8 nitrogen and oxygen atoms in total. The van der Waals surface area contributed by atoms with Gasteiger partial charge in [-0.1, -0.05) is 23.4 Å². The van der Waals surface area contributed by atoms with E-state index < -0.39 is 0 Å². The molecule has 0 bridgehead atoms. The normalized spacial score (nSPS) is 23.2. The number of pyridine rings is 1. The highest BCUT2D eigenvalue weighted by molar-refractivity contribution is 7.99. The number of anilines is 2. The van der Waals surface area contributed by atoms with Crippen LogP contribution >= 0.6 is 23.4 Å². The number of nitrogen functional groups attached to an aromatic ring is 1. The number of nitrogens with zero attached hydrogens (tertiary/aromatic N) is 5. The molecule has 2 unspecified atom stereocenters. The molecule has 5 rings (SSSR count). The Morgan fingerprint density at radius 3 is 2.74 bits per heavy atom. The zero-order valence-corrected chi connectivity index (χ0v) is 19.2. The Kier molecular flexibility index (Phi) is 5.24. The lowest BCUT2D eigenvalue weighted by Crippen LogP contribution is -2.51. The third kappa shape index (κ3) is 3.44. The first-order valence-electron chi connectivity index (χ1n) is 10.4. The zero-order valence-electron chi connectivity index (χ0n) is 17.6. The summed E-state index contributed by atoms with van der Waals surface area (Å²) in [6, 6.07) is 1.95. The second kappa shape index (κ2) is 7.81. The number of fused-ring (bicyclic) bond motifs is 1. The lowest BCUT2D eigenvalue weighted by Gasteiger charge is -2.41. The van der Waals surface area contributed by atoms with E-state index in [0.29, 0.717) is 10.8 Å². The number of aromatic nitrogens is 4. The Balaban J connectivity index is 1.45. The van der Waals surface area contributed by atoms with Gasteiger partial charge in [0.15, 0.2) is 5.65 Å². The fourth-order valence-corrected chi connectivity index (χ4v) is 5.85. The van der Waals surface area contributed by atoms with Gasteiger partial charge >= 0.3 is 0 Å². The van der Waals surface area contributed by atoms with Gasteiger partial charge in [0.05, 0.1) is 28.3 Å². The molecule has 2 saturated heterocycles. The summed E-state index contributed by atoms with van der Waals surface area (Å²) in [4.78, 5) is 17.8. The predicted molar refractivity (Wildman–Crippen MR) is 123 cm³/mol. The molecule has 0 radical (unpaired) electrons. The number of hydrogen-bond acceptors (Lipinski definition) is 8. The van der Waals surface area contributed by atoms with Crippen molar-refractivity contribution >= 4 is 40.8 Å². The van der Waals surface area contributed by atoms with Gasteiger partial charge in [-0.3, -0.25) is 4.40 Å². The summed E-state index contributed by atoms with van der Waals surface area (Å²) in [5.74, 6) is 1.23. The second-order valence-electron chi connectivity index (χ2n) is 8.45. The van der Waals surface area contributed by atoms with Gasteiger partial charge in [0, 0.05) is 48.0 Å². The fourth-order valence-electron chi connectivity index (χ4n) is 4.65. The Bertz CT molecular complexity index is 1130. The lowest BCUT2D eigenvalue weighted by atomic mass is 9.73. The van der Waals surface area contributed by atoms with Gasteiger partial charge in [-0.2, -0.15) is 0 Å².